The highest BCUT2D eigenvalue weighted by molar-refractivity contribution is 6.04. The van der Waals surface area contributed by atoms with Crippen LogP contribution in [0.25, 0.3) is 0 Å². The smallest absolute Gasteiger partial charge is 0.341 e. The predicted octanol–water partition coefficient (Wildman–Crippen LogP) is 0.552. The summed E-state index contributed by atoms with van der Waals surface area (Å²) in [6.45, 7) is 0.947. The van der Waals surface area contributed by atoms with Crippen LogP contribution in [0.1, 0.15) is 69.2 Å². The number of imide groups is 1. The van der Waals surface area contributed by atoms with E-state index in [0.29, 0.717) is 13.1 Å². The Morgan fingerprint density at radius 2 is 1.61 bits per heavy atom. The van der Waals surface area contributed by atoms with E-state index in [2.05, 4.69) is 5.10 Å². The van der Waals surface area contributed by atoms with E-state index in [-0.39, 0.29) is 54.8 Å². The average Bonchev–Trinajstić information content (AvgIpc) is 3.39. The van der Waals surface area contributed by atoms with Crippen LogP contribution in [0.4, 0.5) is 0 Å². The fraction of sp³-hybridized carbons (Fsp3) is 0.737. The number of carbonyl (C=O) groups is 3. The topological polar surface area (TPSA) is 97.5 Å². The van der Waals surface area contributed by atoms with Crippen LogP contribution in [0.5, 0.6) is 0 Å². The number of piperidine rings is 1. The van der Waals surface area contributed by atoms with Crippen LogP contribution in [-0.4, -0.2) is 61.5 Å². The van der Waals surface area contributed by atoms with Gasteiger partial charge in [0, 0.05) is 44.9 Å². The predicted molar refractivity (Wildman–Crippen MR) is 99.5 cm³/mol. The molecule has 0 N–H and O–H groups in total. The minimum Gasteiger partial charge on any atom is -0.341 e. The van der Waals surface area contributed by atoms with Crippen molar-refractivity contribution in [1.29, 1.82) is 0 Å². The first-order chi connectivity index (χ1) is 13.5. The van der Waals surface area contributed by atoms with Crippen molar-refractivity contribution in [2.24, 2.45) is 7.05 Å². The molecule has 1 aromatic rings. The van der Waals surface area contributed by atoms with E-state index in [1.807, 2.05) is 4.57 Å². The molecule has 3 heterocycles. The highest BCUT2D eigenvalue weighted by Gasteiger charge is 2.34. The van der Waals surface area contributed by atoms with Crippen molar-refractivity contribution in [3.63, 3.8) is 0 Å². The fourth-order valence-electron chi connectivity index (χ4n) is 4.70. The second-order valence-corrected chi connectivity index (χ2v) is 8.10. The van der Waals surface area contributed by atoms with E-state index in [1.54, 1.807) is 11.9 Å². The van der Waals surface area contributed by atoms with E-state index < -0.39 is 0 Å². The molecular formula is C19H27N5O4. The molecule has 0 atom stereocenters. The van der Waals surface area contributed by atoms with E-state index >= 15 is 0 Å². The summed E-state index contributed by atoms with van der Waals surface area (Å²) in [5.41, 5.74) is -0.0496. The Morgan fingerprint density at radius 3 is 2.21 bits per heavy atom. The maximum Gasteiger partial charge on any atom is 0.345 e. The third kappa shape index (κ3) is 3.38. The highest BCUT2D eigenvalue weighted by atomic mass is 16.2. The molecule has 0 aromatic carbocycles. The van der Waals surface area contributed by atoms with Crippen molar-refractivity contribution >= 4 is 17.7 Å². The summed E-state index contributed by atoms with van der Waals surface area (Å²) in [7, 11) is 1.69. The van der Waals surface area contributed by atoms with Crippen LogP contribution in [0.3, 0.4) is 0 Å². The zero-order chi connectivity index (χ0) is 19.8. The van der Waals surface area contributed by atoms with Crippen molar-refractivity contribution in [3.8, 4) is 0 Å². The minimum absolute atomic E-state index is 0.0496. The van der Waals surface area contributed by atoms with Crippen molar-refractivity contribution < 1.29 is 14.4 Å². The van der Waals surface area contributed by atoms with Gasteiger partial charge in [-0.05, 0) is 25.7 Å². The first-order valence-electron chi connectivity index (χ1n) is 10.2. The van der Waals surface area contributed by atoms with Crippen LogP contribution in [0, 0.1) is 0 Å². The summed E-state index contributed by atoms with van der Waals surface area (Å²) in [5, 5.41) is 4.52. The molecule has 2 aliphatic heterocycles. The molecule has 9 heteroatoms. The monoisotopic (exact) mass is 389 g/mol. The molecule has 3 amide bonds. The maximum atomic E-state index is 12.6. The van der Waals surface area contributed by atoms with Gasteiger partial charge in [0.2, 0.25) is 17.7 Å². The third-order valence-electron chi connectivity index (χ3n) is 6.33. The van der Waals surface area contributed by atoms with Crippen LogP contribution in [0.2, 0.25) is 0 Å². The van der Waals surface area contributed by atoms with E-state index in [0.717, 1.165) is 49.2 Å². The molecular weight excluding hydrogens is 362 g/mol. The number of aryl methyl sites for hydroxylation is 1. The molecule has 28 heavy (non-hydrogen) atoms. The molecule has 0 bridgehead atoms. The Bertz CT molecular complexity index is 827. The minimum atomic E-state index is -0.262. The van der Waals surface area contributed by atoms with Gasteiger partial charge in [-0.2, -0.15) is 5.10 Å². The van der Waals surface area contributed by atoms with Crippen LogP contribution >= 0.6 is 0 Å². The Morgan fingerprint density at radius 1 is 1.00 bits per heavy atom. The summed E-state index contributed by atoms with van der Waals surface area (Å²) < 4.78 is 3.31. The number of hydrogen-bond acceptors (Lipinski definition) is 5. The van der Waals surface area contributed by atoms with Crippen molar-refractivity contribution in [1.82, 2.24) is 24.1 Å². The first-order valence-corrected chi connectivity index (χ1v) is 10.2. The summed E-state index contributed by atoms with van der Waals surface area (Å²) in [6.07, 6.45) is 6.20. The molecule has 4 rings (SSSR count). The molecule has 1 saturated carbocycles. The van der Waals surface area contributed by atoms with E-state index in [9.17, 15) is 19.2 Å². The molecule has 2 saturated heterocycles. The lowest BCUT2D eigenvalue weighted by Crippen LogP contribution is -2.45. The lowest BCUT2D eigenvalue weighted by Gasteiger charge is -2.32. The van der Waals surface area contributed by atoms with Gasteiger partial charge < -0.3 is 4.90 Å². The van der Waals surface area contributed by atoms with E-state index in [1.165, 1.54) is 4.68 Å². The quantitative estimate of drug-likeness (QED) is 0.701. The maximum absolute atomic E-state index is 12.6. The second kappa shape index (κ2) is 7.52. The standard InChI is InChI=1S/C19H27N5O4/c1-21-19(28)24(14-4-2-3-5-14)18(20-21)13-8-10-22(11-9-13)17(27)12-23-15(25)6-7-16(23)26/h13-14H,2-12H2,1H3. The molecule has 0 spiro atoms. The summed E-state index contributed by atoms with van der Waals surface area (Å²) >= 11 is 0. The molecule has 3 aliphatic rings. The van der Waals surface area contributed by atoms with Gasteiger partial charge in [-0.25, -0.2) is 9.48 Å². The van der Waals surface area contributed by atoms with Gasteiger partial charge >= 0.3 is 5.69 Å². The van der Waals surface area contributed by atoms with Gasteiger partial charge in [0.05, 0.1) is 0 Å². The van der Waals surface area contributed by atoms with Crippen LogP contribution in [-0.2, 0) is 21.4 Å². The number of amides is 3. The van der Waals surface area contributed by atoms with Gasteiger partial charge in [0.15, 0.2) is 0 Å². The SMILES string of the molecule is Cn1nc(C2CCN(C(=O)CN3C(=O)CCC3=O)CC2)n(C2CCCC2)c1=O. The average molecular weight is 389 g/mol. The van der Waals surface area contributed by atoms with Gasteiger partial charge in [-0.15, -0.1) is 0 Å². The molecule has 9 nitrogen and oxygen atoms in total. The third-order valence-corrected chi connectivity index (χ3v) is 6.33. The van der Waals surface area contributed by atoms with Crippen molar-refractivity contribution in [2.75, 3.05) is 19.6 Å². The fourth-order valence-corrected chi connectivity index (χ4v) is 4.70. The number of nitrogens with zero attached hydrogens (tertiary/aromatic N) is 5. The first kappa shape index (κ1) is 18.9. The zero-order valence-corrected chi connectivity index (χ0v) is 16.3. The van der Waals surface area contributed by atoms with Crippen molar-refractivity contribution in [2.45, 2.75) is 63.3 Å². The van der Waals surface area contributed by atoms with E-state index in [4.69, 9.17) is 0 Å². The number of likely N-dealkylation sites (tertiary alicyclic amines) is 2. The second-order valence-electron chi connectivity index (χ2n) is 8.10. The number of hydrogen-bond donors (Lipinski definition) is 0. The molecule has 1 aliphatic carbocycles. The van der Waals surface area contributed by atoms with Gasteiger partial charge in [0.25, 0.3) is 0 Å². The summed E-state index contributed by atoms with van der Waals surface area (Å²) in [6, 6.07) is 0.239. The normalized spacial score (nSPS) is 21.9. The molecule has 3 fully saturated rings. The molecule has 0 unspecified atom stereocenters. The van der Waals surface area contributed by atoms with Gasteiger partial charge in [0.1, 0.15) is 12.4 Å². The van der Waals surface area contributed by atoms with Crippen LogP contribution in [0.15, 0.2) is 4.79 Å². The lowest BCUT2D eigenvalue weighted by molar-refractivity contribution is -0.145. The van der Waals surface area contributed by atoms with Gasteiger partial charge in [-0.1, -0.05) is 12.8 Å². The molecule has 152 valence electrons. The van der Waals surface area contributed by atoms with Gasteiger partial charge in [-0.3, -0.25) is 23.9 Å². The largest absolute Gasteiger partial charge is 0.345 e. The Kier molecular flexibility index (Phi) is 5.07. The highest BCUT2D eigenvalue weighted by Crippen LogP contribution is 2.33. The van der Waals surface area contributed by atoms with Crippen LogP contribution < -0.4 is 5.69 Å². The summed E-state index contributed by atoms with van der Waals surface area (Å²) in [4.78, 5) is 51.4. The molecule has 1 aromatic heterocycles. The number of aromatic nitrogens is 3. The molecule has 0 radical (unpaired) electrons. The lowest BCUT2D eigenvalue weighted by atomic mass is 9.95. The number of rotatable bonds is 4. The zero-order valence-electron chi connectivity index (χ0n) is 16.3. The Labute approximate surface area is 163 Å². The van der Waals surface area contributed by atoms with Crippen molar-refractivity contribution in [3.05, 3.63) is 16.3 Å². The Balaban J connectivity index is 1.41. The Hall–Kier alpha value is -2.45. The summed E-state index contributed by atoms with van der Waals surface area (Å²) in [5.74, 6) is 0.283. The number of carbonyl (C=O) groups excluding carboxylic acids is 3.